The smallest absolute Gasteiger partial charge is 0.260 e. The van der Waals surface area contributed by atoms with Gasteiger partial charge in [-0.05, 0) is 35.4 Å². The third kappa shape index (κ3) is 4.72. The summed E-state index contributed by atoms with van der Waals surface area (Å²) in [7, 11) is 0. The number of hydrogen-bond donors (Lipinski definition) is 0. The first-order valence-corrected chi connectivity index (χ1v) is 10.9. The summed E-state index contributed by atoms with van der Waals surface area (Å²) in [5.74, 6) is -1.64. The molecule has 0 aliphatic rings. The van der Waals surface area contributed by atoms with Crippen molar-refractivity contribution in [2.24, 2.45) is 0 Å². The van der Waals surface area contributed by atoms with Crippen molar-refractivity contribution in [3.63, 3.8) is 0 Å². The van der Waals surface area contributed by atoms with Gasteiger partial charge in [0.05, 0.1) is 11.0 Å². The van der Waals surface area contributed by atoms with Gasteiger partial charge in [-0.2, -0.15) is 0 Å². The van der Waals surface area contributed by atoms with Gasteiger partial charge in [0.1, 0.15) is 11.3 Å². The molecule has 0 unspecified atom stereocenters. The van der Waals surface area contributed by atoms with Crippen LogP contribution >= 0.6 is 23.7 Å². The molecular weight excluding hydrogens is 466 g/mol. The van der Waals surface area contributed by atoms with Crippen molar-refractivity contribution in [2.45, 2.75) is 13.0 Å². The van der Waals surface area contributed by atoms with Crippen LogP contribution in [0.5, 0.6) is 0 Å². The zero-order valence-corrected chi connectivity index (χ0v) is 19.0. The molecule has 5 rings (SSSR count). The Morgan fingerprint density at radius 3 is 2.67 bits per heavy atom. The first-order valence-electron chi connectivity index (χ1n) is 10.1. The van der Waals surface area contributed by atoms with Crippen molar-refractivity contribution in [1.82, 2.24) is 14.5 Å². The van der Waals surface area contributed by atoms with E-state index in [2.05, 4.69) is 9.97 Å². The fourth-order valence-corrected chi connectivity index (χ4v) is 4.68. The van der Waals surface area contributed by atoms with Crippen LogP contribution in [0.2, 0.25) is 0 Å². The molecule has 0 aliphatic carbocycles. The van der Waals surface area contributed by atoms with Crippen molar-refractivity contribution in [2.75, 3.05) is 11.4 Å². The van der Waals surface area contributed by atoms with E-state index >= 15 is 0 Å². The maximum atomic E-state index is 14.3. The third-order valence-electron chi connectivity index (χ3n) is 5.23. The first kappa shape index (κ1) is 22.8. The van der Waals surface area contributed by atoms with E-state index in [1.807, 2.05) is 47.2 Å². The highest BCUT2D eigenvalue weighted by molar-refractivity contribution is 7.22. The zero-order chi connectivity index (χ0) is 22.1. The van der Waals surface area contributed by atoms with Crippen LogP contribution in [0.3, 0.4) is 0 Å². The molecule has 0 spiro atoms. The number of thiazole rings is 1. The van der Waals surface area contributed by atoms with Crippen LogP contribution in [-0.2, 0) is 6.54 Å². The monoisotopic (exact) mass is 484 g/mol. The number of carbonyl (C=O) groups is 1. The highest BCUT2D eigenvalue weighted by atomic mass is 35.5. The molecule has 0 N–H and O–H groups in total. The fourth-order valence-electron chi connectivity index (χ4n) is 3.65. The summed E-state index contributed by atoms with van der Waals surface area (Å²) < 4.78 is 30.2. The Labute approximate surface area is 198 Å². The average Bonchev–Trinajstić information content (AvgIpc) is 3.46. The number of aryl methyl sites for hydroxylation is 1. The first-order chi connectivity index (χ1) is 15.6. The van der Waals surface area contributed by atoms with E-state index < -0.39 is 11.6 Å². The van der Waals surface area contributed by atoms with Gasteiger partial charge in [0.25, 0.3) is 5.91 Å². The number of nitrogens with zero attached hydrogens (tertiary/aromatic N) is 4. The van der Waals surface area contributed by atoms with E-state index in [-0.39, 0.29) is 23.8 Å². The molecule has 0 radical (unpaired) electrons. The number of rotatable bonds is 6. The van der Waals surface area contributed by atoms with Gasteiger partial charge in [-0.25, -0.2) is 18.7 Å². The third-order valence-corrected chi connectivity index (χ3v) is 6.26. The van der Waals surface area contributed by atoms with E-state index in [1.165, 1.54) is 6.07 Å². The Bertz CT molecular complexity index is 1420. The Morgan fingerprint density at radius 1 is 1.06 bits per heavy atom. The Kier molecular flexibility index (Phi) is 6.67. The maximum absolute atomic E-state index is 14.3. The molecule has 5 nitrogen and oxygen atoms in total. The summed E-state index contributed by atoms with van der Waals surface area (Å²) in [6.45, 7) is 1.03. The molecule has 168 valence electrons. The fraction of sp³-hybridized carbons (Fsp3) is 0.125. The van der Waals surface area contributed by atoms with Crippen molar-refractivity contribution in [3.8, 4) is 0 Å². The lowest BCUT2D eigenvalue weighted by atomic mass is 10.1. The van der Waals surface area contributed by atoms with Crippen molar-refractivity contribution >= 4 is 55.8 Å². The molecule has 5 aromatic rings. The maximum Gasteiger partial charge on any atom is 0.260 e. The normalized spacial score (nSPS) is 11.0. The van der Waals surface area contributed by atoms with E-state index in [0.717, 1.165) is 28.2 Å². The molecule has 3 aromatic carbocycles. The van der Waals surface area contributed by atoms with Crippen LogP contribution in [0.1, 0.15) is 16.8 Å². The minimum Gasteiger partial charge on any atom is -0.337 e. The Balaban J connectivity index is 0.00000259. The summed E-state index contributed by atoms with van der Waals surface area (Å²) in [4.78, 5) is 23.4. The number of benzene rings is 3. The van der Waals surface area contributed by atoms with Crippen molar-refractivity contribution < 1.29 is 13.6 Å². The lowest BCUT2D eigenvalue weighted by Gasteiger charge is -2.20. The molecule has 0 bridgehead atoms. The largest absolute Gasteiger partial charge is 0.337 e. The molecule has 0 aliphatic heterocycles. The number of carbonyl (C=O) groups excluding carboxylic acids is 1. The molecule has 2 heterocycles. The number of halogens is 3. The quantitative estimate of drug-likeness (QED) is 0.293. The predicted molar refractivity (Wildman–Crippen MR) is 129 cm³/mol. The van der Waals surface area contributed by atoms with Gasteiger partial charge in [-0.15, -0.1) is 12.4 Å². The molecule has 1 amide bonds. The molecule has 2 aromatic heterocycles. The van der Waals surface area contributed by atoms with E-state index in [4.69, 9.17) is 0 Å². The summed E-state index contributed by atoms with van der Waals surface area (Å²) in [6.07, 6.45) is 5.90. The highest BCUT2D eigenvalue weighted by Gasteiger charge is 2.22. The number of aromatic nitrogens is 3. The van der Waals surface area contributed by atoms with E-state index in [0.29, 0.717) is 34.9 Å². The van der Waals surface area contributed by atoms with Crippen LogP contribution in [-0.4, -0.2) is 27.0 Å². The predicted octanol–water partition coefficient (Wildman–Crippen LogP) is 6.08. The van der Waals surface area contributed by atoms with Crippen LogP contribution in [0.25, 0.3) is 21.0 Å². The summed E-state index contributed by atoms with van der Waals surface area (Å²) in [6, 6.07) is 15.4. The second kappa shape index (κ2) is 9.64. The van der Waals surface area contributed by atoms with Gasteiger partial charge < -0.3 is 4.57 Å². The minimum atomic E-state index is -0.737. The number of imidazole rings is 1. The topological polar surface area (TPSA) is 51.0 Å². The van der Waals surface area contributed by atoms with E-state index in [1.54, 1.807) is 23.5 Å². The standard InChI is InChI=1S/C24H18F2N4OS.ClH/c25-19-13-20(26)22-21(14-19)32-24(28-22)30(10-3-9-29-11-8-27-15-29)23(31)18-7-6-16-4-1-2-5-17(16)12-18;/h1-2,4-8,11-15H,3,9-10H2;1H. The Morgan fingerprint density at radius 2 is 1.88 bits per heavy atom. The van der Waals surface area contributed by atoms with Crippen LogP contribution < -0.4 is 4.90 Å². The van der Waals surface area contributed by atoms with Crippen LogP contribution in [0, 0.1) is 11.6 Å². The average molecular weight is 485 g/mol. The van der Waals surface area contributed by atoms with Crippen LogP contribution in [0.15, 0.2) is 73.3 Å². The van der Waals surface area contributed by atoms with Gasteiger partial charge in [-0.3, -0.25) is 9.69 Å². The Hall–Kier alpha value is -3.36. The summed E-state index contributed by atoms with van der Waals surface area (Å²) in [5, 5.41) is 2.33. The molecular formula is C24H19ClF2N4OS. The van der Waals surface area contributed by atoms with Crippen molar-refractivity contribution in [1.29, 1.82) is 0 Å². The molecule has 0 saturated carbocycles. The lowest BCUT2D eigenvalue weighted by Crippen LogP contribution is -2.32. The second-order valence-corrected chi connectivity index (χ2v) is 8.41. The molecule has 0 fully saturated rings. The summed E-state index contributed by atoms with van der Waals surface area (Å²) in [5.41, 5.74) is 0.578. The number of hydrogen-bond acceptors (Lipinski definition) is 4. The number of anilines is 1. The van der Waals surface area contributed by atoms with Gasteiger partial charge in [0, 0.05) is 37.1 Å². The van der Waals surface area contributed by atoms with Gasteiger partial charge in [0.2, 0.25) is 0 Å². The lowest BCUT2D eigenvalue weighted by molar-refractivity contribution is 0.0986. The molecule has 0 atom stereocenters. The second-order valence-electron chi connectivity index (χ2n) is 7.40. The number of amides is 1. The number of fused-ring (bicyclic) bond motifs is 2. The van der Waals surface area contributed by atoms with Gasteiger partial charge >= 0.3 is 0 Å². The summed E-state index contributed by atoms with van der Waals surface area (Å²) >= 11 is 1.10. The van der Waals surface area contributed by atoms with Crippen LogP contribution in [0.4, 0.5) is 13.9 Å². The minimum absolute atomic E-state index is 0. The highest BCUT2D eigenvalue weighted by Crippen LogP contribution is 2.32. The molecule has 33 heavy (non-hydrogen) atoms. The SMILES string of the molecule is Cl.O=C(c1ccc2ccccc2c1)N(CCCn1ccnc1)c1nc2c(F)cc(F)cc2s1. The van der Waals surface area contributed by atoms with Gasteiger partial charge in [0.15, 0.2) is 10.9 Å². The van der Waals surface area contributed by atoms with E-state index in [9.17, 15) is 13.6 Å². The zero-order valence-electron chi connectivity index (χ0n) is 17.3. The molecule has 9 heteroatoms. The van der Waals surface area contributed by atoms with Crippen molar-refractivity contribution in [3.05, 3.63) is 90.5 Å². The van der Waals surface area contributed by atoms with Gasteiger partial charge in [-0.1, -0.05) is 41.7 Å². The molecule has 0 saturated heterocycles.